The van der Waals surface area contributed by atoms with Crippen molar-refractivity contribution in [1.29, 1.82) is 0 Å². The average Bonchev–Trinajstić information content (AvgIpc) is 2.36. The first-order chi connectivity index (χ1) is 8.86. The molecule has 0 aromatic heterocycles. The molecule has 1 rings (SSSR count). The van der Waals surface area contributed by atoms with Gasteiger partial charge in [0.2, 0.25) is 0 Å². The number of rotatable bonds is 4. The molecule has 0 saturated heterocycles. The highest BCUT2D eigenvalue weighted by molar-refractivity contribution is 6.00. The van der Waals surface area contributed by atoms with Crippen LogP contribution >= 0.6 is 0 Å². The van der Waals surface area contributed by atoms with Crippen molar-refractivity contribution in [2.24, 2.45) is 0 Å². The minimum Gasteiger partial charge on any atom is -0.467 e. The van der Waals surface area contributed by atoms with Gasteiger partial charge in [-0.15, -0.1) is 0 Å². The van der Waals surface area contributed by atoms with Crippen LogP contribution in [0.3, 0.4) is 0 Å². The molecule has 0 aliphatic heterocycles. The van der Waals surface area contributed by atoms with E-state index < -0.39 is 39.9 Å². The first-order valence-electron chi connectivity index (χ1n) is 5.19. The zero-order chi connectivity index (χ0) is 14.6. The number of nitro groups is 1. The largest absolute Gasteiger partial charge is 0.467 e. The van der Waals surface area contributed by atoms with Gasteiger partial charge in [-0.1, -0.05) is 0 Å². The molecule has 1 N–H and O–H groups in total. The fourth-order valence-corrected chi connectivity index (χ4v) is 1.36. The van der Waals surface area contributed by atoms with Gasteiger partial charge in [-0.25, -0.2) is 9.18 Å². The second kappa shape index (κ2) is 5.89. The van der Waals surface area contributed by atoms with Crippen LogP contribution in [-0.2, 0) is 9.53 Å². The summed E-state index contributed by atoms with van der Waals surface area (Å²) in [6, 6.07) is 1.49. The first kappa shape index (κ1) is 14.6. The number of hydrogen-bond acceptors (Lipinski definition) is 5. The van der Waals surface area contributed by atoms with Crippen LogP contribution in [0.15, 0.2) is 18.2 Å². The van der Waals surface area contributed by atoms with Gasteiger partial charge in [0, 0.05) is 6.07 Å². The number of benzene rings is 1. The number of halogens is 1. The zero-order valence-electron chi connectivity index (χ0n) is 10.2. The molecule has 1 aromatic carbocycles. The standard InChI is InChI=1S/C11H11FN2O5/c1-6(11(16)19-2)13-10(15)8-5-7(12)3-4-9(8)14(17)18/h3-6H,1-2H3,(H,13,15). The lowest BCUT2D eigenvalue weighted by molar-refractivity contribution is -0.385. The Hall–Kier alpha value is -2.51. The van der Waals surface area contributed by atoms with Crippen molar-refractivity contribution >= 4 is 17.6 Å². The molecule has 0 aliphatic carbocycles. The summed E-state index contributed by atoms with van der Waals surface area (Å²) < 4.78 is 17.4. The quantitative estimate of drug-likeness (QED) is 0.500. The van der Waals surface area contributed by atoms with E-state index in [9.17, 15) is 24.1 Å². The Kier molecular flexibility index (Phi) is 4.51. The summed E-state index contributed by atoms with van der Waals surface area (Å²) in [4.78, 5) is 32.8. The number of nitrogens with one attached hydrogen (secondary N) is 1. The molecule has 0 bridgehead atoms. The molecule has 0 saturated carbocycles. The van der Waals surface area contributed by atoms with Gasteiger partial charge in [-0.05, 0) is 19.1 Å². The Morgan fingerprint density at radius 2 is 2.11 bits per heavy atom. The highest BCUT2D eigenvalue weighted by Gasteiger charge is 2.24. The van der Waals surface area contributed by atoms with Crippen molar-refractivity contribution in [3.8, 4) is 0 Å². The number of nitro benzene ring substituents is 1. The molecule has 1 atom stereocenters. The first-order valence-corrected chi connectivity index (χ1v) is 5.19. The van der Waals surface area contributed by atoms with Crippen LogP contribution in [0.4, 0.5) is 10.1 Å². The second-order valence-electron chi connectivity index (χ2n) is 3.64. The average molecular weight is 270 g/mol. The van der Waals surface area contributed by atoms with Gasteiger partial charge >= 0.3 is 5.97 Å². The summed E-state index contributed by atoms with van der Waals surface area (Å²) in [5.41, 5.74) is -1.00. The normalized spacial score (nSPS) is 11.5. The Morgan fingerprint density at radius 3 is 2.63 bits per heavy atom. The van der Waals surface area contributed by atoms with Crippen LogP contribution in [0.25, 0.3) is 0 Å². The second-order valence-corrected chi connectivity index (χ2v) is 3.64. The van der Waals surface area contributed by atoms with E-state index in [0.29, 0.717) is 0 Å². The van der Waals surface area contributed by atoms with Crippen LogP contribution in [-0.4, -0.2) is 30.0 Å². The van der Waals surface area contributed by atoms with Gasteiger partial charge in [-0.3, -0.25) is 14.9 Å². The van der Waals surface area contributed by atoms with E-state index in [4.69, 9.17) is 0 Å². The molecule has 0 radical (unpaired) electrons. The Labute approximate surface area is 107 Å². The number of nitrogens with zero attached hydrogens (tertiary/aromatic N) is 1. The summed E-state index contributed by atoms with van der Waals surface area (Å²) in [5.74, 6) is -2.43. The fraction of sp³-hybridized carbons (Fsp3) is 0.273. The number of carbonyl (C=O) groups is 2. The van der Waals surface area contributed by atoms with Crippen molar-refractivity contribution < 1.29 is 23.6 Å². The van der Waals surface area contributed by atoms with Gasteiger partial charge in [-0.2, -0.15) is 0 Å². The third-order valence-corrected chi connectivity index (χ3v) is 2.30. The lowest BCUT2D eigenvalue weighted by atomic mass is 10.1. The summed E-state index contributed by atoms with van der Waals surface area (Å²) >= 11 is 0. The van der Waals surface area contributed by atoms with E-state index in [2.05, 4.69) is 10.1 Å². The number of esters is 1. The minimum absolute atomic E-state index is 0.458. The topological polar surface area (TPSA) is 98.5 Å². The monoisotopic (exact) mass is 270 g/mol. The van der Waals surface area contributed by atoms with Gasteiger partial charge in [0.25, 0.3) is 11.6 Å². The maximum atomic E-state index is 13.0. The van der Waals surface area contributed by atoms with Crippen LogP contribution < -0.4 is 5.32 Å². The molecule has 0 aliphatic rings. The van der Waals surface area contributed by atoms with Crippen molar-refractivity contribution in [3.05, 3.63) is 39.7 Å². The maximum Gasteiger partial charge on any atom is 0.328 e. The van der Waals surface area contributed by atoms with E-state index in [1.807, 2.05) is 0 Å². The summed E-state index contributed by atoms with van der Waals surface area (Å²) in [5, 5.41) is 12.9. The van der Waals surface area contributed by atoms with E-state index in [1.165, 1.54) is 6.92 Å². The number of amides is 1. The lowest BCUT2D eigenvalue weighted by Crippen LogP contribution is -2.39. The smallest absolute Gasteiger partial charge is 0.328 e. The SMILES string of the molecule is COC(=O)C(C)NC(=O)c1cc(F)ccc1[N+](=O)[O-]. The lowest BCUT2D eigenvalue weighted by Gasteiger charge is -2.11. The minimum atomic E-state index is -1.000. The molecule has 1 unspecified atom stereocenters. The van der Waals surface area contributed by atoms with Crippen molar-refractivity contribution in [2.75, 3.05) is 7.11 Å². The molecule has 7 nitrogen and oxygen atoms in total. The molecule has 1 amide bonds. The number of hydrogen-bond donors (Lipinski definition) is 1. The fourth-order valence-electron chi connectivity index (χ4n) is 1.36. The molecule has 19 heavy (non-hydrogen) atoms. The molecule has 0 fully saturated rings. The van der Waals surface area contributed by atoms with Gasteiger partial charge < -0.3 is 10.1 Å². The van der Waals surface area contributed by atoms with Crippen LogP contribution in [0.5, 0.6) is 0 Å². The molecular formula is C11H11FN2O5. The third-order valence-electron chi connectivity index (χ3n) is 2.30. The van der Waals surface area contributed by atoms with E-state index in [0.717, 1.165) is 25.3 Å². The Morgan fingerprint density at radius 1 is 1.47 bits per heavy atom. The predicted molar refractivity (Wildman–Crippen MR) is 62.0 cm³/mol. The van der Waals surface area contributed by atoms with Crippen LogP contribution in [0.1, 0.15) is 17.3 Å². The maximum absolute atomic E-state index is 13.0. The van der Waals surface area contributed by atoms with Crippen LogP contribution in [0, 0.1) is 15.9 Å². The van der Waals surface area contributed by atoms with E-state index in [1.54, 1.807) is 0 Å². The van der Waals surface area contributed by atoms with Gasteiger partial charge in [0.1, 0.15) is 17.4 Å². The summed E-state index contributed by atoms with van der Waals surface area (Å²) in [7, 11) is 1.13. The summed E-state index contributed by atoms with van der Waals surface area (Å²) in [6.07, 6.45) is 0. The molecule has 1 aromatic rings. The van der Waals surface area contributed by atoms with Crippen LogP contribution in [0.2, 0.25) is 0 Å². The highest BCUT2D eigenvalue weighted by Crippen LogP contribution is 2.19. The molecule has 8 heteroatoms. The van der Waals surface area contributed by atoms with Gasteiger partial charge in [0.05, 0.1) is 12.0 Å². The van der Waals surface area contributed by atoms with E-state index >= 15 is 0 Å². The van der Waals surface area contributed by atoms with Crippen molar-refractivity contribution in [1.82, 2.24) is 5.32 Å². The van der Waals surface area contributed by atoms with Crippen molar-refractivity contribution in [2.45, 2.75) is 13.0 Å². The molecule has 0 spiro atoms. The number of ether oxygens (including phenoxy) is 1. The Bertz CT molecular complexity index is 532. The Balaban J connectivity index is 3.02. The summed E-state index contributed by atoms with van der Waals surface area (Å²) in [6.45, 7) is 1.34. The van der Waals surface area contributed by atoms with Gasteiger partial charge in [0.15, 0.2) is 0 Å². The molecule has 0 heterocycles. The van der Waals surface area contributed by atoms with Crippen molar-refractivity contribution in [3.63, 3.8) is 0 Å². The number of carbonyl (C=O) groups excluding carboxylic acids is 2. The highest BCUT2D eigenvalue weighted by atomic mass is 19.1. The number of methoxy groups -OCH3 is 1. The predicted octanol–water partition coefficient (Wildman–Crippen LogP) is 1.03. The molecular weight excluding hydrogens is 259 g/mol. The molecule has 102 valence electrons. The van der Waals surface area contributed by atoms with E-state index in [-0.39, 0.29) is 0 Å². The zero-order valence-corrected chi connectivity index (χ0v) is 10.2. The third kappa shape index (κ3) is 3.47.